The number of aliphatic hydroxyl groups is 3. The van der Waals surface area contributed by atoms with E-state index in [0.717, 1.165) is 24.0 Å². The van der Waals surface area contributed by atoms with Gasteiger partial charge in [0.05, 0.1) is 11.7 Å². The van der Waals surface area contributed by atoms with Crippen LogP contribution in [0.3, 0.4) is 0 Å². The normalized spacial score (nSPS) is 28.9. The highest BCUT2D eigenvalue weighted by atomic mass is 16.3. The van der Waals surface area contributed by atoms with Gasteiger partial charge in [0.2, 0.25) is 17.6 Å². The van der Waals surface area contributed by atoms with E-state index >= 15 is 0 Å². The van der Waals surface area contributed by atoms with E-state index in [2.05, 4.69) is 26.1 Å². The summed E-state index contributed by atoms with van der Waals surface area (Å²) in [6.45, 7) is 6.30. The largest absolute Gasteiger partial charge is 0.507 e. The van der Waals surface area contributed by atoms with Crippen molar-refractivity contribution in [2.24, 2.45) is 29.4 Å². The van der Waals surface area contributed by atoms with Crippen LogP contribution in [0.1, 0.15) is 62.3 Å². The monoisotopic (exact) mass is 645 g/mol. The molecule has 3 fully saturated rings. The lowest BCUT2D eigenvalue weighted by molar-refractivity contribution is -0.184. The fraction of sp³-hybridized carbons (Fsp3) is 0.500. The van der Waals surface area contributed by atoms with Crippen LogP contribution in [0.25, 0.3) is 16.9 Å². The minimum absolute atomic E-state index is 0.00128. The predicted molar refractivity (Wildman–Crippen MR) is 173 cm³/mol. The highest BCUT2D eigenvalue weighted by Crippen LogP contribution is 2.54. The standard InChI is InChI=1S/C36H43N3O8/c1-35(2,3)20-10-8-16(9-11-20)21-13-19(15-38-34(46)17-6-7-17)28(40)25-22(21)12-18-14-23-27(39(4)5)30(42)26(33(37)45)32(44)36(23,47)31(43)24(18)29(25)41/h8-11,13,17-18,23,26-27,30,40-42,47H,6-7,12,14-15H2,1-5H3,(H2,37,45)(H,38,46)/t18-,23-,26?,27?,30?,36-/m1/s1. The molecule has 11 heteroatoms. The number of aliphatic hydroxyl groups excluding tert-OH is 2. The first-order valence-electron chi connectivity index (χ1n) is 16.1. The van der Waals surface area contributed by atoms with Crippen molar-refractivity contribution in [3.05, 3.63) is 58.2 Å². The summed E-state index contributed by atoms with van der Waals surface area (Å²) in [6.07, 6.45) is 0.247. The maximum Gasteiger partial charge on any atom is 0.230 e. The first-order valence-corrected chi connectivity index (χ1v) is 16.1. The summed E-state index contributed by atoms with van der Waals surface area (Å²) in [6, 6.07) is 8.78. The second kappa shape index (κ2) is 11.3. The Morgan fingerprint density at radius 1 is 1.09 bits per heavy atom. The number of hydrogen-bond donors (Lipinski definition) is 6. The minimum atomic E-state index is -2.73. The van der Waals surface area contributed by atoms with Gasteiger partial charge in [-0.3, -0.25) is 19.2 Å². The molecule has 6 atom stereocenters. The first-order chi connectivity index (χ1) is 22.0. The summed E-state index contributed by atoms with van der Waals surface area (Å²) in [4.78, 5) is 54.4. The van der Waals surface area contributed by atoms with Crippen LogP contribution in [-0.2, 0) is 37.6 Å². The summed E-state index contributed by atoms with van der Waals surface area (Å²) in [5, 5.41) is 49.4. The van der Waals surface area contributed by atoms with Crippen LogP contribution < -0.4 is 11.1 Å². The Balaban J connectivity index is 1.52. The van der Waals surface area contributed by atoms with Crippen molar-refractivity contribution in [3.63, 3.8) is 0 Å². The lowest BCUT2D eigenvalue weighted by Gasteiger charge is -2.53. The molecule has 0 bridgehead atoms. The van der Waals surface area contributed by atoms with Gasteiger partial charge in [-0.25, -0.2) is 0 Å². The number of fused-ring (bicyclic) bond motifs is 3. The van der Waals surface area contributed by atoms with E-state index in [0.29, 0.717) is 16.7 Å². The fourth-order valence-electron chi connectivity index (χ4n) is 7.94. The van der Waals surface area contributed by atoms with Crippen molar-refractivity contribution < 1.29 is 39.6 Å². The average Bonchev–Trinajstić information content (AvgIpc) is 3.84. The number of benzene rings is 2. The Labute approximate surface area is 273 Å². The summed E-state index contributed by atoms with van der Waals surface area (Å²) >= 11 is 0. The third kappa shape index (κ3) is 5.15. The number of nitrogens with one attached hydrogen (secondary N) is 1. The number of phenols is 1. The van der Waals surface area contributed by atoms with E-state index in [1.807, 2.05) is 24.3 Å². The number of aromatic hydroxyl groups is 1. The van der Waals surface area contributed by atoms with Gasteiger partial charge in [-0.05, 0) is 79.4 Å². The number of ketones is 2. The van der Waals surface area contributed by atoms with Crippen molar-refractivity contribution in [1.29, 1.82) is 0 Å². The number of Topliss-reactive ketones (excluding diaryl/α,β-unsaturated/α-hetero) is 2. The van der Waals surface area contributed by atoms with Crippen LogP contribution in [0.15, 0.2) is 35.9 Å². The third-order valence-corrected chi connectivity index (χ3v) is 10.6. The number of likely N-dealkylation sites (N-methyl/N-ethyl adjacent to an activating group) is 1. The van der Waals surface area contributed by atoms with E-state index in [1.165, 1.54) is 0 Å². The Kier molecular flexibility index (Phi) is 7.89. The molecule has 2 amide bonds. The number of nitrogens with two attached hydrogens (primary N) is 1. The molecule has 0 aliphatic heterocycles. The number of amides is 2. The molecule has 3 saturated carbocycles. The van der Waals surface area contributed by atoms with Crippen molar-refractivity contribution in [1.82, 2.24) is 10.2 Å². The Morgan fingerprint density at radius 3 is 2.28 bits per heavy atom. The Bertz CT molecular complexity index is 1720. The zero-order valence-electron chi connectivity index (χ0n) is 27.3. The van der Waals surface area contributed by atoms with Gasteiger partial charge >= 0.3 is 0 Å². The minimum Gasteiger partial charge on any atom is -0.507 e. The predicted octanol–water partition coefficient (Wildman–Crippen LogP) is 2.12. The van der Waals surface area contributed by atoms with Gasteiger partial charge in [-0.2, -0.15) is 0 Å². The number of primary amides is 1. The molecular weight excluding hydrogens is 602 g/mol. The summed E-state index contributed by atoms with van der Waals surface area (Å²) < 4.78 is 0. The molecule has 3 unspecified atom stereocenters. The molecule has 2 aromatic carbocycles. The van der Waals surface area contributed by atoms with Crippen molar-refractivity contribution >= 4 is 29.1 Å². The number of nitrogens with zero attached hydrogens (tertiary/aromatic N) is 1. The van der Waals surface area contributed by atoms with Gasteiger partial charge in [-0.15, -0.1) is 0 Å². The molecule has 0 radical (unpaired) electrons. The van der Waals surface area contributed by atoms with Gasteiger partial charge in [-0.1, -0.05) is 45.0 Å². The molecule has 250 valence electrons. The quantitative estimate of drug-likeness (QED) is 0.256. The van der Waals surface area contributed by atoms with Crippen molar-refractivity contribution in [3.8, 4) is 16.9 Å². The molecule has 4 aliphatic carbocycles. The summed E-state index contributed by atoms with van der Waals surface area (Å²) in [7, 11) is 3.24. The highest BCUT2D eigenvalue weighted by molar-refractivity contribution is 6.25. The second-order valence-electron chi connectivity index (χ2n) is 14.9. The van der Waals surface area contributed by atoms with Crippen LogP contribution in [0.4, 0.5) is 0 Å². The third-order valence-electron chi connectivity index (χ3n) is 10.6. The van der Waals surface area contributed by atoms with Gasteiger partial charge in [0, 0.05) is 35.6 Å². The topological polar surface area (TPSA) is 190 Å². The molecule has 4 aliphatic rings. The lowest BCUT2D eigenvalue weighted by atomic mass is 9.54. The summed E-state index contributed by atoms with van der Waals surface area (Å²) in [5.74, 6) is -8.13. The van der Waals surface area contributed by atoms with E-state index in [9.17, 15) is 39.6 Å². The molecule has 11 nitrogen and oxygen atoms in total. The van der Waals surface area contributed by atoms with Crippen molar-refractivity contribution in [2.75, 3.05) is 14.1 Å². The van der Waals surface area contributed by atoms with Crippen LogP contribution in [0, 0.1) is 23.7 Å². The molecular formula is C36H43N3O8. The molecule has 2 aromatic rings. The van der Waals surface area contributed by atoms with Crippen molar-refractivity contribution in [2.45, 2.75) is 76.2 Å². The number of carbonyl (C=O) groups is 4. The SMILES string of the molecule is CN(C)C1C(O)C(C(N)=O)C(=O)[C@]2(O)C(=O)C3=C(O)c4c(O)c(CNC(=O)C5CC5)cc(-c5ccc(C(C)(C)C)cc5)c4C[C@@H]3C[C@H]12. The van der Waals surface area contributed by atoms with Gasteiger partial charge in [0.25, 0.3) is 0 Å². The zero-order valence-corrected chi connectivity index (χ0v) is 27.3. The smallest absolute Gasteiger partial charge is 0.230 e. The van der Waals surface area contributed by atoms with Gasteiger partial charge < -0.3 is 36.4 Å². The fourth-order valence-corrected chi connectivity index (χ4v) is 7.94. The second-order valence-corrected chi connectivity index (χ2v) is 14.9. The molecule has 6 rings (SSSR count). The van der Waals surface area contributed by atoms with Crippen LogP contribution in [0.5, 0.6) is 5.75 Å². The molecule has 0 heterocycles. The van der Waals surface area contributed by atoms with Crippen LogP contribution in [-0.4, -0.2) is 80.5 Å². The molecule has 0 aromatic heterocycles. The molecule has 0 saturated heterocycles. The van der Waals surface area contributed by atoms with Gasteiger partial charge in [0.1, 0.15) is 17.4 Å². The highest BCUT2D eigenvalue weighted by Gasteiger charge is 2.67. The number of hydrogen-bond acceptors (Lipinski definition) is 9. The number of phenolic OH excluding ortho intramolecular Hbond substituents is 1. The average molecular weight is 646 g/mol. The Hall–Kier alpha value is -4.06. The number of carbonyl (C=O) groups excluding carboxylic acids is 4. The Morgan fingerprint density at radius 2 is 1.72 bits per heavy atom. The number of rotatable bonds is 6. The molecule has 7 N–H and O–H groups in total. The lowest BCUT2D eigenvalue weighted by Crippen LogP contribution is -2.73. The zero-order chi connectivity index (χ0) is 34.3. The molecule has 0 spiro atoms. The van der Waals surface area contributed by atoms with Gasteiger partial charge in [0.15, 0.2) is 11.4 Å². The van der Waals surface area contributed by atoms with E-state index in [1.54, 1.807) is 25.1 Å². The summed E-state index contributed by atoms with van der Waals surface area (Å²) in [5.41, 5.74) is 5.95. The maximum absolute atomic E-state index is 14.3. The van der Waals surface area contributed by atoms with Crippen LogP contribution in [0.2, 0.25) is 0 Å². The first kappa shape index (κ1) is 32.9. The van der Waals surface area contributed by atoms with E-state index in [-0.39, 0.29) is 53.5 Å². The van der Waals surface area contributed by atoms with E-state index in [4.69, 9.17) is 5.73 Å². The molecule has 47 heavy (non-hydrogen) atoms. The maximum atomic E-state index is 14.3. The van der Waals surface area contributed by atoms with E-state index < -0.39 is 58.7 Å². The van der Waals surface area contributed by atoms with Crippen LogP contribution >= 0.6 is 0 Å².